The molecule has 12 rings (SSSR count). The molecule has 0 fully saturated rings. The normalized spacial score (nSPS) is 10.4. The van der Waals surface area contributed by atoms with Crippen LogP contribution in [0.2, 0.25) is 0 Å². The zero-order valence-electron chi connectivity index (χ0n) is 83.4. The molecule has 0 bridgehead atoms. The van der Waals surface area contributed by atoms with E-state index >= 15 is 0 Å². The Balaban J connectivity index is 0.000000234. The van der Waals surface area contributed by atoms with Gasteiger partial charge in [0.1, 0.15) is 0 Å². The highest BCUT2D eigenvalue weighted by Crippen LogP contribution is 2.36. The Morgan fingerprint density at radius 1 is 0.225 bits per heavy atom. The SMILES string of the molecule is [C-]#[N+]C(C(=O)OCC(CC)CCCC)=C(c1ccc(C)cc1)c1ccc(C)cc1.[C-]#[N+]C(C(=O)OCC(CC)CCCC)=C(c1ccccc1)c1ccccc1.[C-]#[N+]C(C(=O)OCCCCCCCCCC)=C(c1ccccc1)c1ccccc1.[C-]#[N+]C(C(C)=O)=C(c1ccccc1)c1ccccc1.[C-]#[N+]C(C(C)=O)=C(c1ccccc1)c1ccccc1.[C-]#[N+]C(C(C)=O)=C(c1ccccc1)c1ccccc1. The summed E-state index contributed by atoms with van der Waals surface area (Å²) in [7, 11) is 0. The number of hydrogen-bond donors (Lipinski definition) is 0. The molecule has 0 heterocycles. The highest BCUT2D eigenvalue weighted by atomic mass is 16.5. The summed E-state index contributed by atoms with van der Waals surface area (Å²) in [5, 5.41) is 0. The van der Waals surface area contributed by atoms with Crippen LogP contribution in [0, 0.1) is 65.1 Å². The van der Waals surface area contributed by atoms with Gasteiger partial charge in [-0.2, -0.15) is 0 Å². The molecular formula is C127H128N6O9. The molecule has 0 aliphatic heterocycles. The minimum absolute atomic E-state index is 0.0396. The summed E-state index contributed by atoms with van der Waals surface area (Å²) in [6.45, 7) is 64.9. The number of benzene rings is 12. The molecule has 720 valence electrons. The third kappa shape index (κ3) is 36.7. The van der Waals surface area contributed by atoms with Gasteiger partial charge in [0, 0.05) is 16.7 Å². The van der Waals surface area contributed by atoms with Crippen LogP contribution in [0.3, 0.4) is 0 Å². The largest absolute Gasteiger partial charge is 0.471 e. The van der Waals surface area contributed by atoms with Gasteiger partial charge >= 0.3 is 17.9 Å². The Kier molecular flexibility index (Phi) is 51.1. The standard InChI is InChI=1S/2C26H31NO2.C24H27NO2.3C17H13NO/c1-6-8-9-21(7-2)18-29-26(28)25(27-5)24(22-14-10-19(3)11-15-22)23-16-12-20(4)13-17-23;1-3-4-5-6-7-8-9-16-21-29-26(28)25(27-2)24(22-17-12-10-13-18-22)23-19-14-11-15-20-23;1-4-6-13-19(5-2)18-27-24(26)23(25-3)22(20-14-9-7-10-15-20)21-16-11-8-12-17-21;3*1-13(19)17(18-2)16(14-9-5-3-6-10-14)15-11-7-4-8-12-15/h10-17,21H,6-9,18H2,1-4H3;10-15,17-20H,3-9,16,21H2,1H3;7-12,14-17,19H,4-6,13,18H2,1-2H3;3*3-12H,1H3. The number of esters is 3. The lowest BCUT2D eigenvalue weighted by Gasteiger charge is -2.16. The van der Waals surface area contributed by atoms with Crippen LogP contribution in [0.4, 0.5) is 0 Å². The van der Waals surface area contributed by atoms with Crippen molar-refractivity contribution in [1.29, 1.82) is 0 Å². The summed E-state index contributed by atoms with van der Waals surface area (Å²) >= 11 is 0. The van der Waals surface area contributed by atoms with Gasteiger partial charge in [0.05, 0.1) is 59.3 Å². The fourth-order valence-corrected chi connectivity index (χ4v) is 15.5. The zero-order chi connectivity index (χ0) is 102. The van der Waals surface area contributed by atoms with Gasteiger partial charge in [-0.1, -0.05) is 481 Å². The monoisotopic (exact) mass is 1880 g/mol. The molecule has 2 unspecified atom stereocenters. The van der Waals surface area contributed by atoms with Crippen molar-refractivity contribution in [2.45, 2.75) is 172 Å². The van der Waals surface area contributed by atoms with Crippen molar-refractivity contribution in [3.8, 4) is 0 Å². The summed E-state index contributed by atoms with van der Waals surface area (Å²) in [6, 6.07) is 111. The van der Waals surface area contributed by atoms with Crippen LogP contribution in [0.1, 0.15) is 236 Å². The van der Waals surface area contributed by atoms with E-state index in [1.807, 2.05) is 366 Å². The second-order valence-corrected chi connectivity index (χ2v) is 33.7. The van der Waals surface area contributed by atoms with Crippen LogP contribution in [0.15, 0.2) is 386 Å². The van der Waals surface area contributed by atoms with E-state index in [1.165, 1.54) is 59.3 Å². The first-order valence-electron chi connectivity index (χ1n) is 48.6. The zero-order valence-corrected chi connectivity index (χ0v) is 83.4. The van der Waals surface area contributed by atoms with Crippen molar-refractivity contribution in [1.82, 2.24) is 0 Å². The maximum Gasteiger partial charge on any atom is 0.336 e. The second kappa shape index (κ2) is 64.5. The van der Waals surface area contributed by atoms with Crippen LogP contribution in [0.25, 0.3) is 62.5 Å². The second-order valence-electron chi connectivity index (χ2n) is 33.7. The van der Waals surface area contributed by atoms with Gasteiger partial charge in [-0.05, 0) is 149 Å². The maximum atomic E-state index is 12.9. The van der Waals surface area contributed by atoms with E-state index in [4.69, 9.17) is 53.6 Å². The van der Waals surface area contributed by atoms with Crippen molar-refractivity contribution in [3.63, 3.8) is 0 Å². The van der Waals surface area contributed by atoms with E-state index in [2.05, 4.69) is 63.7 Å². The smallest absolute Gasteiger partial charge is 0.336 e. The molecule has 15 heteroatoms. The number of unbranched alkanes of at least 4 members (excludes halogenated alkanes) is 9. The summed E-state index contributed by atoms with van der Waals surface area (Å²) in [5.74, 6) is -1.56. The quantitative estimate of drug-likeness (QED) is 0.0120. The Morgan fingerprint density at radius 3 is 0.585 bits per heavy atom. The molecular weight excluding hydrogens is 1750 g/mol. The first kappa shape index (κ1) is 112. The van der Waals surface area contributed by atoms with Gasteiger partial charge < -0.3 is 28.6 Å². The molecule has 0 aliphatic carbocycles. The third-order valence-corrected chi connectivity index (χ3v) is 23.2. The average Bonchev–Trinajstić information content (AvgIpc) is 0.795. The fourth-order valence-electron chi connectivity index (χ4n) is 15.5. The molecule has 2 atom stereocenters. The summed E-state index contributed by atoms with van der Waals surface area (Å²) in [4.78, 5) is 94.4. The lowest BCUT2D eigenvalue weighted by molar-refractivity contribution is -0.140. The van der Waals surface area contributed by atoms with Gasteiger partial charge in [-0.3, -0.25) is 14.4 Å². The highest BCUT2D eigenvalue weighted by molar-refractivity contribution is 6.09. The number of ketones is 3. The molecule has 0 radical (unpaired) electrons. The molecule has 0 N–H and O–H groups in total. The molecule has 15 nitrogen and oxygen atoms in total. The molecule has 0 spiro atoms. The topological polar surface area (TPSA) is 156 Å². The van der Waals surface area contributed by atoms with Crippen molar-refractivity contribution in [3.05, 3.63) is 532 Å². The van der Waals surface area contributed by atoms with E-state index < -0.39 is 17.9 Å². The summed E-state index contributed by atoms with van der Waals surface area (Å²) < 4.78 is 16.6. The van der Waals surface area contributed by atoms with Crippen molar-refractivity contribution < 1.29 is 43.0 Å². The Bertz CT molecular complexity index is 5910. The maximum absolute atomic E-state index is 12.9. The predicted octanol–water partition coefficient (Wildman–Crippen LogP) is 31.8. The minimum Gasteiger partial charge on any atom is -0.471 e. The van der Waals surface area contributed by atoms with Crippen LogP contribution >= 0.6 is 0 Å². The molecule has 12 aromatic carbocycles. The highest BCUT2D eigenvalue weighted by Gasteiger charge is 2.27. The van der Waals surface area contributed by atoms with Gasteiger partial charge in [0.2, 0.25) is 17.1 Å². The lowest BCUT2D eigenvalue weighted by atomic mass is 9.94. The minimum atomic E-state index is -0.539. The van der Waals surface area contributed by atoms with Crippen LogP contribution < -0.4 is 0 Å². The van der Waals surface area contributed by atoms with E-state index in [0.717, 1.165) is 142 Å². The van der Waals surface area contributed by atoms with Crippen molar-refractivity contribution >= 4 is 68.7 Å². The molecule has 12 aromatic rings. The van der Waals surface area contributed by atoms with E-state index in [9.17, 15) is 28.8 Å². The van der Waals surface area contributed by atoms with E-state index in [1.54, 1.807) is 0 Å². The molecule has 0 amide bonds. The molecule has 0 aliphatic rings. The lowest BCUT2D eigenvalue weighted by Crippen LogP contribution is -2.15. The van der Waals surface area contributed by atoms with Crippen LogP contribution in [-0.4, -0.2) is 55.1 Å². The van der Waals surface area contributed by atoms with Gasteiger partial charge in [0.15, 0.2) is 17.3 Å². The average molecular weight is 1880 g/mol. The van der Waals surface area contributed by atoms with Crippen LogP contribution in [0.5, 0.6) is 0 Å². The number of aryl methyl sites for hydroxylation is 2. The Morgan fingerprint density at radius 2 is 0.401 bits per heavy atom. The number of allylic oxidation sites excluding steroid dienone is 3. The Labute approximate surface area is 842 Å². The van der Waals surface area contributed by atoms with Crippen molar-refractivity contribution in [2.24, 2.45) is 11.8 Å². The number of ether oxygens (including phenoxy) is 3. The number of hydrogen-bond acceptors (Lipinski definition) is 9. The predicted molar refractivity (Wildman–Crippen MR) is 577 cm³/mol. The summed E-state index contributed by atoms with van der Waals surface area (Å²) in [6.07, 6.45) is 18.0. The number of Topliss-reactive ketones (excluding diaryl/α,β-unsaturated/α-hetero) is 3. The van der Waals surface area contributed by atoms with E-state index in [-0.39, 0.29) is 51.5 Å². The van der Waals surface area contributed by atoms with Crippen LogP contribution in [-0.2, 0) is 43.0 Å². The third-order valence-electron chi connectivity index (χ3n) is 23.2. The molecule has 0 saturated carbocycles. The molecule has 0 aromatic heterocycles. The summed E-state index contributed by atoms with van der Waals surface area (Å²) in [5.41, 5.74) is 17.3. The van der Waals surface area contributed by atoms with Gasteiger partial charge in [-0.25, -0.2) is 29.1 Å². The number of carbonyl (C=O) groups excluding carboxylic acids is 6. The van der Waals surface area contributed by atoms with E-state index in [0.29, 0.717) is 65.1 Å². The Hall–Kier alpha value is -16.6. The fraction of sp³-hybridized carbons (Fsp3) is 0.244. The number of nitrogens with zero attached hydrogens (tertiary/aromatic N) is 6. The number of carbonyl (C=O) groups is 6. The molecule has 0 saturated heterocycles. The number of rotatable bonds is 39. The first-order chi connectivity index (χ1) is 69.2. The van der Waals surface area contributed by atoms with Crippen molar-refractivity contribution in [2.75, 3.05) is 19.8 Å². The molecule has 142 heavy (non-hydrogen) atoms. The first-order valence-corrected chi connectivity index (χ1v) is 48.6. The van der Waals surface area contributed by atoms with Gasteiger partial charge in [-0.15, -0.1) is 0 Å². The van der Waals surface area contributed by atoms with Gasteiger partial charge in [0.25, 0.3) is 17.1 Å².